The Labute approximate surface area is 172 Å². The Kier molecular flexibility index (Phi) is 6.78. The van der Waals surface area contributed by atoms with Crippen LogP contribution in [-0.4, -0.2) is 19.0 Å². The molecule has 1 aliphatic heterocycles. The number of fused-ring (bicyclic) bond motifs is 7. The Morgan fingerprint density at radius 3 is 2.75 bits per heavy atom. The molecule has 4 fully saturated rings. The van der Waals surface area contributed by atoms with Gasteiger partial charge in [-0.3, -0.25) is 0 Å². The van der Waals surface area contributed by atoms with E-state index in [1.165, 1.54) is 63.4 Å². The van der Waals surface area contributed by atoms with Gasteiger partial charge in [-0.25, -0.2) is 0 Å². The largest absolute Gasteiger partial charge is 0.349 e. The van der Waals surface area contributed by atoms with Crippen LogP contribution in [0.25, 0.3) is 0 Å². The second-order valence-corrected chi connectivity index (χ2v) is 9.64. The maximum Gasteiger partial charge on any atom is 0.147 e. The molecule has 0 radical (unpaired) electrons. The Bertz CT molecular complexity index is 616. The van der Waals surface area contributed by atoms with Crippen molar-refractivity contribution in [1.82, 2.24) is 0 Å². The summed E-state index contributed by atoms with van der Waals surface area (Å²) < 4.78 is 11.7. The summed E-state index contributed by atoms with van der Waals surface area (Å²) in [5, 5.41) is 0. The van der Waals surface area contributed by atoms with Crippen LogP contribution in [0.3, 0.4) is 0 Å². The summed E-state index contributed by atoms with van der Waals surface area (Å²) in [6.45, 7) is 7.14. The molecule has 7 atom stereocenters. The van der Waals surface area contributed by atoms with Gasteiger partial charge in [-0.05, 0) is 82.0 Å². The number of hydrogen-bond donors (Lipinski definition) is 0. The summed E-state index contributed by atoms with van der Waals surface area (Å²) in [6.07, 6.45) is 22.3. The van der Waals surface area contributed by atoms with Crippen molar-refractivity contribution in [2.75, 3.05) is 6.79 Å². The van der Waals surface area contributed by atoms with Crippen LogP contribution in [0, 0.1) is 29.6 Å². The predicted octanol–water partition coefficient (Wildman–Crippen LogP) is 6.83. The Morgan fingerprint density at radius 2 is 1.93 bits per heavy atom. The van der Waals surface area contributed by atoms with Gasteiger partial charge >= 0.3 is 0 Å². The predicted molar refractivity (Wildman–Crippen MR) is 116 cm³/mol. The lowest BCUT2D eigenvalue weighted by Gasteiger charge is -2.48. The highest BCUT2D eigenvalue weighted by atomic mass is 16.7. The zero-order chi connectivity index (χ0) is 19.5. The number of allylic oxidation sites excluding steroid dienone is 6. The molecule has 0 aromatic heterocycles. The van der Waals surface area contributed by atoms with Gasteiger partial charge in [0.2, 0.25) is 0 Å². The van der Waals surface area contributed by atoms with Gasteiger partial charge in [-0.2, -0.15) is 0 Å². The molecule has 0 bridgehead atoms. The fourth-order valence-electron chi connectivity index (χ4n) is 6.93. The van der Waals surface area contributed by atoms with Crippen molar-refractivity contribution in [3.8, 4) is 0 Å². The van der Waals surface area contributed by atoms with E-state index >= 15 is 0 Å². The zero-order valence-electron chi connectivity index (χ0n) is 18.2. The van der Waals surface area contributed by atoms with Gasteiger partial charge in [0.1, 0.15) is 6.79 Å². The molecule has 2 nitrogen and oxygen atoms in total. The van der Waals surface area contributed by atoms with E-state index in [0.717, 1.165) is 29.6 Å². The molecule has 0 amide bonds. The van der Waals surface area contributed by atoms with Gasteiger partial charge in [0.05, 0.1) is 12.2 Å². The van der Waals surface area contributed by atoms with Crippen molar-refractivity contribution in [3.63, 3.8) is 0 Å². The van der Waals surface area contributed by atoms with E-state index in [2.05, 4.69) is 45.1 Å². The molecule has 0 aromatic carbocycles. The first kappa shape index (κ1) is 20.4. The summed E-state index contributed by atoms with van der Waals surface area (Å²) >= 11 is 0. The average Bonchev–Trinajstić information content (AvgIpc) is 3.30. The van der Waals surface area contributed by atoms with E-state index in [0.29, 0.717) is 19.0 Å². The van der Waals surface area contributed by atoms with Gasteiger partial charge in [-0.1, -0.05) is 55.7 Å². The first-order valence-corrected chi connectivity index (χ1v) is 12.0. The summed E-state index contributed by atoms with van der Waals surface area (Å²) in [6, 6.07) is 0. The fourth-order valence-corrected chi connectivity index (χ4v) is 6.93. The summed E-state index contributed by atoms with van der Waals surface area (Å²) in [7, 11) is 0. The number of ether oxygens (including phenoxy) is 2. The molecule has 0 aromatic rings. The highest BCUT2D eigenvalue weighted by Crippen LogP contribution is 2.57. The second kappa shape index (κ2) is 9.30. The molecule has 7 unspecified atom stereocenters. The molecule has 3 saturated carbocycles. The molecule has 28 heavy (non-hydrogen) atoms. The Hall–Kier alpha value is -0.860. The highest BCUT2D eigenvalue weighted by Gasteiger charge is 2.55. The third-order valence-corrected chi connectivity index (χ3v) is 8.03. The lowest BCUT2D eigenvalue weighted by Crippen LogP contribution is -2.41. The van der Waals surface area contributed by atoms with Gasteiger partial charge in [0.15, 0.2) is 0 Å². The van der Waals surface area contributed by atoms with E-state index in [1.807, 2.05) is 0 Å². The molecule has 2 heteroatoms. The minimum atomic E-state index is 0.419. The molecule has 5 aliphatic rings. The maximum atomic E-state index is 5.89. The molecular weight excluding hydrogens is 344 g/mol. The number of rotatable bonds is 3. The first-order chi connectivity index (χ1) is 13.7. The smallest absolute Gasteiger partial charge is 0.147 e. The minimum Gasteiger partial charge on any atom is -0.349 e. The minimum absolute atomic E-state index is 0.419. The van der Waals surface area contributed by atoms with Crippen molar-refractivity contribution in [2.24, 2.45) is 29.6 Å². The van der Waals surface area contributed by atoms with Crippen molar-refractivity contribution in [3.05, 3.63) is 35.5 Å². The molecule has 0 N–H and O–H groups in total. The van der Waals surface area contributed by atoms with E-state index in [9.17, 15) is 0 Å². The first-order valence-electron chi connectivity index (χ1n) is 12.0. The van der Waals surface area contributed by atoms with Gasteiger partial charge in [0, 0.05) is 5.92 Å². The van der Waals surface area contributed by atoms with E-state index in [1.54, 1.807) is 5.57 Å². The van der Waals surface area contributed by atoms with Crippen molar-refractivity contribution in [2.45, 2.75) is 90.8 Å². The lowest BCUT2D eigenvalue weighted by atomic mass is 9.57. The van der Waals surface area contributed by atoms with Gasteiger partial charge in [0.25, 0.3) is 0 Å². The van der Waals surface area contributed by atoms with Crippen LogP contribution in [0.15, 0.2) is 35.5 Å². The standard InChI is InChI=1S/C18H24O2.C8H16/c1-2-4-12-11(3-1)5-6-14-13(12)7-8-15-16(14)9-17-18(15)20-10-19-17;1-4-6-8(3)7-5-2/h2-4,12-18H,1,5-10H2;6H,4-5,7H2,1-3H3/b;8-6+. The molecule has 1 saturated heterocycles. The topological polar surface area (TPSA) is 18.5 Å². The van der Waals surface area contributed by atoms with Crippen LogP contribution < -0.4 is 0 Å². The monoisotopic (exact) mass is 384 g/mol. The second-order valence-electron chi connectivity index (χ2n) is 9.64. The van der Waals surface area contributed by atoms with E-state index < -0.39 is 0 Å². The van der Waals surface area contributed by atoms with Gasteiger partial charge in [-0.15, -0.1) is 0 Å². The molecule has 0 spiro atoms. The molecule has 4 aliphatic carbocycles. The molecular formula is C26H40O2. The molecule has 5 rings (SSSR count). The van der Waals surface area contributed by atoms with Gasteiger partial charge < -0.3 is 9.47 Å². The van der Waals surface area contributed by atoms with Crippen molar-refractivity contribution in [1.29, 1.82) is 0 Å². The average molecular weight is 385 g/mol. The summed E-state index contributed by atoms with van der Waals surface area (Å²) in [5.74, 6) is 4.27. The van der Waals surface area contributed by atoms with Crippen LogP contribution >= 0.6 is 0 Å². The SMILES string of the molecule is C1=CC2C(=CC1)CCC1C2CCC2C1CC1OCOC12.CC/C=C(\C)CCC. The third-order valence-electron chi connectivity index (χ3n) is 8.03. The van der Waals surface area contributed by atoms with Crippen LogP contribution in [-0.2, 0) is 9.47 Å². The normalized spacial score (nSPS) is 41.2. The molecule has 156 valence electrons. The Morgan fingerprint density at radius 1 is 1.07 bits per heavy atom. The number of hydrogen-bond acceptors (Lipinski definition) is 2. The van der Waals surface area contributed by atoms with Crippen LogP contribution in [0.2, 0.25) is 0 Å². The Balaban J connectivity index is 0.000000208. The summed E-state index contributed by atoms with van der Waals surface area (Å²) in [5.41, 5.74) is 3.29. The lowest BCUT2D eigenvalue weighted by molar-refractivity contribution is -0.0306. The quantitative estimate of drug-likeness (QED) is 0.496. The zero-order valence-corrected chi connectivity index (χ0v) is 18.2. The van der Waals surface area contributed by atoms with E-state index in [-0.39, 0.29) is 0 Å². The third kappa shape index (κ3) is 4.05. The van der Waals surface area contributed by atoms with Crippen molar-refractivity contribution < 1.29 is 9.47 Å². The van der Waals surface area contributed by atoms with Crippen LogP contribution in [0.4, 0.5) is 0 Å². The fraction of sp³-hybridized carbons (Fsp3) is 0.769. The summed E-state index contributed by atoms with van der Waals surface area (Å²) in [4.78, 5) is 0. The van der Waals surface area contributed by atoms with Crippen molar-refractivity contribution >= 4 is 0 Å². The maximum absolute atomic E-state index is 5.89. The van der Waals surface area contributed by atoms with Crippen LogP contribution in [0.5, 0.6) is 0 Å². The van der Waals surface area contributed by atoms with Crippen LogP contribution in [0.1, 0.15) is 78.6 Å². The highest BCUT2D eigenvalue weighted by molar-refractivity contribution is 5.25. The van der Waals surface area contributed by atoms with E-state index in [4.69, 9.17) is 9.47 Å². The molecule has 1 heterocycles.